The van der Waals surface area contributed by atoms with Crippen LogP contribution in [-0.2, 0) is 6.54 Å². The van der Waals surface area contributed by atoms with Crippen molar-refractivity contribution in [2.75, 3.05) is 0 Å². The number of hydrogen-bond donors (Lipinski definition) is 1. The molecule has 0 aliphatic heterocycles. The second-order valence-corrected chi connectivity index (χ2v) is 3.69. The summed E-state index contributed by atoms with van der Waals surface area (Å²) in [5.41, 5.74) is 1.81. The van der Waals surface area contributed by atoms with E-state index in [-0.39, 0.29) is 5.56 Å². The molecular formula is C11H15N3O. The van der Waals surface area contributed by atoms with E-state index in [9.17, 15) is 4.79 Å². The number of hydrogen-bond acceptors (Lipinski definition) is 2. The van der Waals surface area contributed by atoms with E-state index in [1.54, 1.807) is 22.9 Å². The Kier molecular flexibility index (Phi) is 2.85. The smallest absolute Gasteiger partial charge is 0.251 e. The molecule has 0 aliphatic rings. The number of rotatable bonds is 4. The molecular weight excluding hydrogens is 190 g/mol. The van der Waals surface area contributed by atoms with Crippen LogP contribution in [0.5, 0.6) is 0 Å². The maximum absolute atomic E-state index is 11.6. The van der Waals surface area contributed by atoms with E-state index in [1.807, 2.05) is 0 Å². The SMILES string of the molecule is CCCCCn1c(=O)ccc2n[nH]cc21. The second-order valence-electron chi connectivity index (χ2n) is 3.69. The molecule has 1 N–H and O–H groups in total. The van der Waals surface area contributed by atoms with Crippen molar-refractivity contribution in [1.82, 2.24) is 14.8 Å². The first-order valence-electron chi connectivity index (χ1n) is 5.36. The molecule has 2 aromatic heterocycles. The zero-order chi connectivity index (χ0) is 10.7. The minimum atomic E-state index is 0.0556. The van der Waals surface area contributed by atoms with Crippen molar-refractivity contribution in [2.45, 2.75) is 32.7 Å². The predicted molar refractivity (Wildman–Crippen MR) is 59.9 cm³/mol. The molecule has 0 radical (unpaired) electrons. The van der Waals surface area contributed by atoms with Crippen molar-refractivity contribution in [3.05, 3.63) is 28.7 Å². The molecule has 0 spiro atoms. The fourth-order valence-electron chi connectivity index (χ4n) is 1.74. The summed E-state index contributed by atoms with van der Waals surface area (Å²) < 4.78 is 1.79. The van der Waals surface area contributed by atoms with Crippen molar-refractivity contribution in [3.63, 3.8) is 0 Å². The number of nitrogens with one attached hydrogen (secondary N) is 1. The van der Waals surface area contributed by atoms with Crippen LogP contribution in [0.2, 0.25) is 0 Å². The number of fused-ring (bicyclic) bond motifs is 1. The number of aromatic amines is 1. The number of unbranched alkanes of at least 4 members (excludes halogenated alkanes) is 2. The Morgan fingerprint density at radius 3 is 3.07 bits per heavy atom. The molecule has 2 aromatic rings. The van der Waals surface area contributed by atoms with Crippen LogP contribution in [0.25, 0.3) is 11.0 Å². The lowest BCUT2D eigenvalue weighted by Gasteiger charge is -2.05. The van der Waals surface area contributed by atoms with Crippen LogP contribution in [0.3, 0.4) is 0 Å². The standard InChI is InChI=1S/C11H15N3O/c1-2-3-4-7-14-10-8-12-13-9(10)5-6-11(14)15/h5-6,8H,2-4,7H2,1H3,(H,12,13). The summed E-state index contributed by atoms with van der Waals surface area (Å²) in [6, 6.07) is 3.33. The van der Waals surface area contributed by atoms with Crippen LogP contribution in [0, 0.1) is 0 Å². The zero-order valence-electron chi connectivity index (χ0n) is 8.86. The third kappa shape index (κ3) is 1.93. The van der Waals surface area contributed by atoms with Gasteiger partial charge in [-0.2, -0.15) is 5.10 Å². The highest BCUT2D eigenvalue weighted by molar-refractivity contribution is 5.73. The molecule has 0 atom stereocenters. The minimum Gasteiger partial charge on any atom is -0.305 e. The topological polar surface area (TPSA) is 50.7 Å². The Labute approximate surface area is 87.9 Å². The van der Waals surface area contributed by atoms with E-state index < -0.39 is 0 Å². The van der Waals surface area contributed by atoms with E-state index in [4.69, 9.17) is 0 Å². The van der Waals surface area contributed by atoms with E-state index in [2.05, 4.69) is 17.1 Å². The van der Waals surface area contributed by atoms with E-state index >= 15 is 0 Å². The predicted octanol–water partition coefficient (Wildman–Crippen LogP) is 1.91. The van der Waals surface area contributed by atoms with Crippen molar-refractivity contribution < 1.29 is 0 Å². The van der Waals surface area contributed by atoms with Gasteiger partial charge in [-0.3, -0.25) is 9.89 Å². The Hall–Kier alpha value is -1.58. The van der Waals surface area contributed by atoms with Gasteiger partial charge >= 0.3 is 0 Å². The van der Waals surface area contributed by atoms with Crippen LogP contribution in [0.4, 0.5) is 0 Å². The summed E-state index contributed by atoms with van der Waals surface area (Å²) in [6.45, 7) is 2.94. The summed E-state index contributed by atoms with van der Waals surface area (Å²) in [7, 11) is 0. The van der Waals surface area contributed by atoms with Gasteiger partial charge in [0, 0.05) is 18.8 Å². The van der Waals surface area contributed by atoms with Gasteiger partial charge in [-0.1, -0.05) is 19.8 Å². The summed E-state index contributed by atoms with van der Waals surface area (Å²) in [5.74, 6) is 0. The molecule has 0 fully saturated rings. The van der Waals surface area contributed by atoms with Crippen LogP contribution < -0.4 is 5.56 Å². The molecule has 0 amide bonds. The largest absolute Gasteiger partial charge is 0.305 e. The third-order valence-electron chi connectivity index (χ3n) is 2.57. The number of aromatic nitrogens is 3. The quantitative estimate of drug-likeness (QED) is 0.775. The summed E-state index contributed by atoms with van der Waals surface area (Å²) in [6.07, 6.45) is 5.14. The maximum atomic E-state index is 11.6. The van der Waals surface area contributed by atoms with E-state index in [1.165, 1.54) is 0 Å². The van der Waals surface area contributed by atoms with Crippen molar-refractivity contribution in [3.8, 4) is 0 Å². The van der Waals surface area contributed by atoms with Crippen LogP contribution in [0.15, 0.2) is 23.1 Å². The lowest BCUT2D eigenvalue weighted by Crippen LogP contribution is -2.18. The van der Waals surface area contributed by atoms with Crippen molar-refractivity contribution in [1.29, 1.82) is 0 Å². The lowest BCUT2D eigenvalue weighted by molar-refractivity contribution is 0.602. The van der Waals surface area contributed by atoms with E-state index in [0.717, 1.165) is 36.8 Å². The molecule has 2 heterocycles. The molecule has 2 rings (SSSR count). The fraction of sp³-hybridized carbons (Fsp3) is 0.455. The van der Waals surface area contributed by atoms with Gasteiger partial charge in [-0.25, -0.2) is 0 Å². The maximum Gasteiger partial charge on any atom is 0.251 e. The fourth-order valence-corrected chi connectivity index (χ4v) is 1.74. The highest BCUT2D eigenvalue weighted by Gasteiger charge is 2.03. The first-order valence-corrected chi connectivity index (χ1v) is 5.36. The Morgan fingerprint density at radius 2 is 2.27 bits per heavy atom. The normalized spacial score (nSPS) is 11.0. The molecule has 0 saturated heterocycles. The molecule has 0 saturated carbocycles. The van der Waals surface area contributed by atoms with Crippen LogP contribution >= 0.6 is 0 Å². The highest BCUT2D eigenvalue weighted by atomic mass is 16.1. The number of nitrogens with zero attached hydrogens (tertiary/aromatic N) is 2. The Morgan fingerprint density at radius 1 is 1.40 bits per heavy atom. The molecule has 4 heteroatoms. The second kappa shape index (κ2) is 4.29. The first kappa shape index (κ1) is 9.96. The van der Waals surface area contributed by atoms with Crippen molar-refractivity contribution in [2.24, 2.45) is 0 Å². The van der Waals surface area contributed by atoms with Gasteiger partial charge in [-0.15, -0.1) is 0 Å². The number of H-pyrrole nitrogens is 1. The van der Waals surface area contributed by atoms with Gasteiger partial charge in [0.2, 0.25) is 0 Å². The monoisotopic (exact) mass is 205 g/mol. The van der Waals surface area contributed by atoms with Crippen LogP contribution in [-0.4, -0.2) is 14.8 Å². The Bertz CT molecular complexity index is 498. The molecule has 0 aromatic carbocycles. The Balaban J connectivity index is 2.34. The molecule has 15 heavy (non-hydrogen) atoms. The average Bonchev–Trinajstić information content (AvgIpc) is 2.69. The van der Waals surface area contributed by atoms with E-state index in [0.29, 0.717) is 0 Å². The van der Waals surface area contributed by atoms with Crippen molar-refractivity contribution >= 4 is 11.0 Å². The molecule has 4 nitrogen and oxygen atoms in total. The molecule has 80 valence electrons. The molecule has 0 unspecified atom stereocenters. The lowest BCUT2D eigenvalue weighted by atomic mass is 10.2. The summed E-state index contributed by atoms with van der Waals surface area (Å²) >= 11 is 0. The molecule has 0 aliphatic carbocycles. The van der Waals surface area contributed by atoms with Gasteiger partial charge < -0.3 is 4.57 Å². The van der Waals surface area contributed by atoms with Crippen LogP contribution in [0.1, 0.15) is 26.2 Å². The first-order chi connectivity index (χ1) is 7.33. The summed E-state index contributed by atoms with van der Waals surface area (Å²) in [5, 5.41) is 6.85. The van der Waals surface area contributed by atoms with Gasteiger partial charge in [0.1, 0.15) is 5.52 Å². The average molecular weight is 205 g/mol. The van der Waals surface area contributed by atoms with Gasteiger partial charge in [-0.05, 0) is 12.5 Å². The summed E-state index contributed by atoms with van der Waals surface area (Å²) in [4.78, 5) is 11.6. The molecule has 0 bridgehead atoms. The number of aryl methyl sites for hydroxylation is 1. The zero-order valence-corrected chi connectivity index (χ0v) is 8.86. The van der Waals surface area contributed by atoms with Gasteiger partial charge in [0.05, 0.1) is 5.52 Å². The third-order valence-corrected chi connectivity index (χ3v) is 2.57. The van der Waals surface area contributed by atoms with Gasteiger partial charge in [0.15, 0.2) is 0 Å². The number of pyridine rings is 1. The van der Waals surface area contributed by atoms with Gasteiger partial charge in [0.25, 0.3) is 5.56 Å². The highest BCUT2D eigenvalue weighted by Crippen LogP contribution is 2.08. The minimum absolute atomic E-state index is 0.0556.